The summed E-state index contributed by atoms with van der Waals surface area (Å²) in [6.07, 6.45) is 0. The van der Waals surface area contributed by atoms with Crippen LogP contribution in [0.5, 0.6) is 28.7 Å². The Bertz CT molecular complexity index is 1370. The second-order valence-electron chi connectivity index (χ2n) is 7.24. The summed E-state index contributed by atoms with van der Waals surface area (Å²) in [6.45, 7) is 0.784. The maximum atomic E-state index is 12.2. The summed E-state index contributed by atoms with van der Waals surface area (Å²) in [5.74, 6) is -1.42. The number of hydrogen-bond acceptors (Lipinski definition) is 7. The average molecular weight is 420 g/mol. The van der Waals surface area contributed by atoms with E-state index in [4.69, 9.17) is 4.74 Å². The molecule has 0 aliphatic carbocycles. The SMILES string of the molecule is COc1c(C(C)=O)c(O)cc(O)c1-c1c(CO)cc(O)c2cc3c(O)cccc3cc12. The molecule has 0 amide bonds. The molecule has 4 rings (SSSR count). The van der Waals surface area contributed by atoms with Crippen molar-refractivity contribution >= 4 is 27.3 Å². The van der Waals surface area contributed by atoms with Crippen molar-refractivity contribution in [3.8, 4) is 39.9 Å². The number of methoxy groups -OCH3 is 1. The van der Waals surface area contributed by atoms with E-state index in [-0.39, 0.29) is 39.7 Å². The number of aromatic hydroxyl groups is 4. The van der Waals surface area contributed by atoms with E-state index in [9.17, 15) is 30.3 Å². The number of carbonyl (C=O) groups is 1. The molecule has 0 aromatic heterocycles. The van der Waals surface area contributed by atoms with Crippen molar-refractivity contribution in [2.24, 2.45) is 0 Å². The van der Waals surface area contributed by atoms with Crippen LogP contribution in [-0.4, -0.2) is 38.4 Å². The molecule has 0 bridgehead atoms. The third-order valence-electron chi connectivity index (χ3n) is 5.39. The first-order chi connectivity index (χ1) is 14.8. The minimum absolute atomic E-state index is 0.0375. The second kappa shape index (κ2) is 7.37. The molecule has 0 radical (unpaired) electrons. The topological polar surface area (TPSA) is 127 Å². The molecule has 7 heteroatoms. The van der Waals surface area contributed by atoms with Gasteiger partial charge >= 0.3 is 0 Å². The van der Waals surface area contributed by atoms with Gasteiger partial charge in [0.15, 0.2) is 5.78 Å². The molecule has 0 aliphatic heterocycles. The van der Waals surface area contributed by atoms with Gasteiger partial charge in [-0.25, -0.2) is 0 Å². The molecular weight excluding hydrogens is 400 g/mol. The Kier molecular flexibility index (Phi) is 4.83. The van der Waals surface area contributed by atoms with E-state index in [1.165, 1.54) is 26.2 Å². The van der Waals surface area contributed by atoms with Gasteiger partial charge in [-0.05, 0) is 47.5 Å². The second-order valence-corrected chi connectivity index (χ2v) is 7.24. The number of rotatable bonds is 4. The summed E-state index contributed by atoms with van der Waals surface area (Å²) in [5.41, 5.74) is 0.591. The van der Waals surface area contributed by atoms with Crippen molar-refractivity contribution in [2.45, 2.75) is 13.5 Å². The van der Waals surface area contributed by atoms with E-state index in [1.54, 1.807) is 24.3 Å². The fraction of sp³-hybridized carbons (Fsp3) is 0.125. The zero-order chi connectivity index (χ0) is 22.4. The number of hydrogen-bond donors (Lipinski definition) is 5. The Morgan fingerprint density at radius 1 is 0.839 bits per heavy atom. The fourth-order valence-electron chi connectivity index (χ4n) is 4.05. The summed E-state index contributed by atoms with van der Waals surface area (Å²) in [4.78, 5) is 12.2. The van der Waals surface area contributed by atoms with Crippen LogP contribution >= 0.6 is 0 Å². The van der Waals surface area contributed by atoms with Crippen molar-refractivity contribution in [2.75, 3.05) is 7.11 Å². The number of aliphatic hydroxyl groups is 1. The number of Topliss-reactive ketones (excluding diaryl/α,β-unsaturated/α-hetero) is 1. The van der Waals surface area contributed by atoms with Crippen molar-refractivity contribution in [1.29, 1.82) is 0 Å². The maximum absolute atomic E-state index is 12.2. The molecule has 0 spiro atoms. The van der Waals surface area contributed by atoms with Crippen LogP contribution in [0, 0.1) is 0 Å². The number of aliphatic hydroxyl groups excluding tert-OH is 1. The fourth-order valence-corrected chi connectivity index (χ4v) is 4.05. The molecule has 0 heterocycles. The van der Waals surface area contributed by atoms with Crippen LogP contribution in [-0.2, 0) is 6.61 Å². The highest BCUT2D eigenvalue weighted by Gasteiger charge is 2.26. The lowest BCUT2D eigenvalue weighted by molar-refractivity contribution is 0.101. The molecule has 4 aromatic carbocycles. The van der Waals surface area contributed by atoms with Gasteiger partial charge in [0.25, 0.3) is 0 Å². The smallest absolute Gasteiger partial charge is 0.167 e. The van der Waals surface area contributed by atoms with Crippen LogP contribution in [0.15, 0.2) is 42.5 Å². The highest BCUT2D eigenvalue weighted by molar-refractivity contribution is 6.12. The van der Waals surface area contributed by atoms with E-state index in [2.05, 4.69) is 0 Å². The van der Waals surface area contributed by atoms with Crippen molar-refractivity contribution in [3.05, 3.63) is 53.6 Å². The number of benzene rings is 4. The van der Waals surface area contributed by atoms with Crippen LogP contribution in [0.3, 0.4) is 0 Å². The van der Waals surface area contributed by atoms with Crippen LogP contribution in [0.25, 0.3) is 32.7 Å². The van der Waals surface area contributed by atoms with E-state index in [0.717, 1.165) is 6.07 Å². The highest BCUT2D eigenvalue weighted by atomic mass is 16.5. The average Bonchev–Trinajstić information content (AvgIpc) is 2.72. The first-order valence-electron chi connectivity index (χ1n) is 9.43. The molecule has 7 nitrogen and oxygen atoms in total. The van der Waals surface area contributed by atoms with Gasteiger partial charge in [-0.2, -0.15) is 0 Å². The number of ketones is 1. The minimum atomic E-state index is -0.476. The monoisotopic (exact) mass is 420 g/mol. The first-order valence-corrected chi connectivity index (χ1v) is 9.43. The lowest BCUT2D eigenvalue weighted by Gasteiger charge is -2.20. The number of phenols is 4. The van der Waals surface area contributed by atoms with Gasteiger partial charge in [0, 0.05) is 22.4 Å². The summed E-state index contributed by atoms with van der Waals surface area (Å²) in [7, 11) is 1.30. The molecule has 0 saturated carbocycles. The number of carbonyl (C=O) groups excluding carboxylic acids is 1. The van der Waals surface area contributed by atoms with Gasteiger partial charge < -0.3 is 30.3 Å². The summed E-state index contributed by atoms with van der Waals surface area (Å²) < 4.78 is 5.41. The molecule has 0 unspecified atom stereocenters. The van der Waals surface area contributed by atoms with Gasteiger partial charge in [0.05, 0.1) is 19.3 Å². The highest BCUT2D eigenvalue weighted by Crippen LogP contribution is 2.50. The maximum Gasteiger partial charge on any atom is 0.167 e. The standard InChI is InChI=1S/C24H20O7/c1-11(26)21-19(29)9-20(30)23(24(21)31-2)22-13(10-25)7-18(28)15-8-14-12(6-16(15)22)4-3-5-17(14)27/h3-9,25,27-30H,10H2,1-2H3. The zero-order valence-electron chi connectivity index (χ0n) is 16.8. The molecule has 4 aromatic rings. The van der Waals surface area contributed by atoms with Gasteiger partial charge in [-0.1, -0.05) is 12.1 Å². The Labute approximate surface area is 177 Å². The largest absolute Gasteiger partial charge is 0.507 e. The van der Waals surface area contributed by atoms with E-state index >= 15 is 0 Å². The molecule has 0 saturated heterocycles. The Balaban J connectivity index is 2.25. The molecule has 0 fully saturated rings. The van der Waals surface area contributed by atoms with E-state index < -0.39 is 18.1 Å². The van der Waals surface area contributed by atoms with Crippen LogP contribution < -0.4 is 4.74 Å². The van der Waals surface area contributed by atoms with Gasteiger partial charge in [-0.3, -0.25) is 4.79 Å². The molecule has 0 atom stereocenters. The number of ether oxygens (including phenoxy) is 1. The molecule has 31 heavy (non-hydrogen) atoms. The zero-order valence-corrected chi connectivity index (χ0v) is 16.8. The summed E-state index contributed by atoms with van der Waals surface area (Å²) in [5, 5.41) is 53.8. The lowest BCUT2D eigenvalue weighted by atomic mass is 9.88. The van der Waals surface area contributed by atoms with Crippen LogP contribution in [0.4, 0.5) is 0 Å². The molecule has 158 valence electrons. The normalized spacial score (nSPS) is 11.2. The number of fused-ring (bicyclic) bond motifs is 2. The third kappa shape index (κ3) is 3.06. The van der Waals surface area contributed by atoms with Crippen molar-refractivity contribution < 1.29 is 35.1 Å². The minimum Gasteiger partial charge on any atom is -0.507 e. The number of phenolic OH excluding ortho intramolecular Hbond substituents is 4. The van der Waals surface area contributed by atoms with Crippen molar-refractivity contribution in [3.63, 3.8) is 0 Å². The predicted octanol–water partition coefficient (Wildman–Crippen LogP) is 4.19. The van der Waals surface area contributed by atoms with Gasteiger partial charge in [0.2, 0.25) is 0 Å². The van der Waals surface area contributed by atoms with E-state index in [0.29, 0.717) is 27.1 Å². The first kappa shape index (κ1) is 20.3. The Hall–Kier alpha value is -3.97. The van der Waals surface area contributed by atoms with Gasteiger partial charge in [0.1, 0.15) is 34.3 Å². The Morgan fingerprint density at radius 2 is 1.58 bits per heavy atom. The van der Waals surface area contributed by atoms with Crippen molar-refractivity contribution in [1.82, 2.24) is 0 Å². The van der Waals surface area contributed by atoms with E-state index in [1.807, 2.05) is 0 Å². The van der Waals surface area contributed by atoms with Crippen LogP contribution in [0.2, 0.25) is 0 Å². The lowest BCUT2D eigenvalue weighted by Crippen LogP contribution is -2.02. The molecule has 5 N–H and O–H groups in total. The summed E-state index contributed by atoms with van der Waals surface area (Å²) >= 11 is 0. The summed E-state index contributed by atoms with van der Waals surface area (Å²) in [6, 6.07) is 10.7. The third-order valence-corrected chi connectivity index (χ3v) is 5.39. The Morgan fingerprint density at radius 3 is 2.23 bits per heavy atom. The molecule has 0 aliphatic rings. The van der Waals surface area contributed by atoms with Gasteiger partial charge in [-0.15, -0.1) is 0 Å². The quantitative estimate of drug-likeness (QED) is 0.247. The molecular formula is C24H20O7. The van der Waals surface area contributed by atoms with Crippen LogP contribution in [0.1, 0.15) is 22.8 Å². The predicted molar refractivity (Wildman–Crippen MR) is 116 cm³/mol.